The van der Waals surface area contributed by atoms with Gasteiger partial charge in [0.15, 0.2) is 0 Å². The van der Waals surface area contributed by atoms with Crippen molar-refractivity contribution >= 4 is 16.9 Å². The first kappa shape index (κ1) is 18.7. The third kappa shape index (κ3) is 3.63. The standard InChI is InChI=1S/C19H16FI2N3O3/c20-16-7-24-18(8-23-16)25-9-14(13-3-1-2-4-15(13)25)19(26)28-12-5-11-10-27-22-17(6-12)21-11/h1-4,7-9,11-12,17H,5-6,10H2/q-2. The third-order valence-electron chi connectivity index (χ3n) is 4.74. The average Bonchev–Trinajstić information content (AvgIpc) is 3.08. The van der Waals surface area contributed by atoms with Crippen LogP contribution in [0.25, 0.3) is 16.7 Å². The number of carbonyl (C=O) groups is 1. The molecule has 2 saturated heterocycles. The van der Waals surface area contributed by atoms with E-state index in [-0.39, 0.29) is 54.9 Å². The summed E-state index contributed by atoms with van der Waals surface area (Å²) in [5.74, 6) is -0.500. The molecule has 5 rings (SSSR count). The van der Waals surface area contributed by atoms with Crippen molar-refractivity contribution in [2.24, 2.45) is 0 Å². The SMILES string of the molecule is O=C(OC1CC2CO[I-]C(C1)[I-]2)c1cn(-c2cnc(F)cn2)c2ccccc12. The Morgan fingerprint density at radius 2 is 2.14 bits per heavy atom. The summed E-state index contributed by atoms with van der Waals surface area (Å²) in [6.07, 6.45) is 5.98. The first-order valence-electron chi connectivity index (χ1n) is 8.83. The molecule has 2 aromatic heterocycles. The van der Waals surface area contributed by atoms with E-state index in [1.54, 1.807) is 10.8 Å². The van der Waals surface area contributed by atoms with Gasteiger partial charge in [-0.25, -0.2) is 0 Å². The van der Waals surface area contributed by atoms with Gasteiger partial charge in [0.05, 0.1) is 0 Å². The monoisotopic (exact) mass is 607 g/mol. The van der Waals surface area contributed by atoms with E-state index in [2.05, 4.69) is 9.97 Å². The number of halogens is 3. The van der Waals surface area contributed by atoms with Crippen molar-refractivity contribution in [2.75, 3.05) is 6.61 Å². The predicted octanol–water partition coefficient (Wildman–Crippen LogP) is -3.30. The topological polar surface area (TPSA) is 66.2 Å². The molecule has 2 aliphatic heterocycles. The van der Waals surface area contributed by atoms with Gasteiger partial charge in [0.1, 0.15) is 0 Å². The molecule has 6 nitrogen and oxygen atoms in total. The number of para-hydroxylation sites is 1. The normalized spacial score (nSPS) is 24.8. The summed E-state index contributed by atoms with van der Waals surface area (Å²) in [5, 5.41) is 0.790. The summed E-state index contributed by atoms with van der Waals surface area (Å²) in [6.45, 7) is 0.855. The number of aromatic nitrogens is 3. The predicted molar refractivity (Wildman–Crippen MR) is 90.8 cm³/mol. The van der Waals surface area contributed by atoms with Gasteiger partial charge >= 0.3 is 178 Å². The summed E-state index contributed by atoms with van der Waals surface area (Å²) in [7, 11) is 0. The summed E-state index contributed by atoms with van der Waals surface area (Å²) < 4.78 is 27.9. The Morgan fingerprint density at radius 3 is 2.96 bits per heavy atom. The van der Waals surface area contributed by atoms with Crippen LogP contribution in [0.1, 0.15) is 23.2 Å². The average molecular weight is 607 g/mol. The molecule has 0 radical (unpaired) electrons. The first-order chi connectivity index (χ1) is 13.7. The Morgan fingerprint density at radius 1 is 1.25 bits per heavy atom. The fourth-order valence-corrected chi connectivity index (χ4v) is 13.5. The van der Waals surface area contributed by atoms with Crippen LogP contribution in [0.3, 0.4) is 0 Å². The Hall–Kier alpha value is -1.34. The molecule has 148 valence electrons. The van der Waals surface area contributed by atoms with Gasteiger partial charge in [0, 0.05) is 0 Å². The molecule has 3 atom stereocenters. The van der Waals surface area contributed by atoms with Gasteiger partial charge in [0.25, 0.3) is 0 Å². The van der Waals surface area contributed by atoms with Crippen LogP contribution < -0.4 is 42.8 Å². The van der Waals surface area contributed by atoms with Crippen molar-refractivity contribution in [3.63, 3.8) is 0 Å². The van der Waals surface area contributed by atoms with E-state index in [0.29, 0.717) is 17.2 Å². The van der Waals surface area contributed by atoms with E-state index in [9.17, 15) is 9.18 Å². The number of alkyl halides is 3. The van der Waals surface area contributed by atoms with E-state index in [0.717, 1.165) is 36.5 Å². The zero-order chi connectivity index (χ0) is 19.1. The number of hydrogen-bond donors (Lipinski definition) is 0. The van der Waals surface area contributed by atoms with Crippen LogP contribution in [-0.2, 0) is 7.80 Å². The summed E-state index contributed by atoms with van der Waals surface area (Å²) in [6, 6.07) is 7.56. The molecule has 2 aliphatic rings. The minimum absolute atomic E-state index is 0.0210. The van der Waals surface area contributed by atoms with Crippen molar-refractivity contribution in [1.29, 1.82) is 0 Å². The number of benzene rings is 1. The molecule has 0 aliphatic carbocycles. The van der Waals surface area contributed by atoms with E-state index in [1.165, 1.54) is 6.20 Å². The zero-order valence-electron chi connectivity index (χ0n) is 14.6. The molecule has 3 unspecified atom stereocenters. The van der Waals surface area contributed by atoms with Crippen molar-refractivity contribution < 1.29 is 59.8 Å². The molecule has 9 heteroatoms. The molecule has 3 aromatic rings. The second-order valence-corrected chi connectivity index (χ2v) is 15.6. The summed E-state index contributed by atoms with van der Waals surface area (Å²) in [5.41, 5.74) is 1.30. The Balaban J connectivity index is 1.45. The van der Waals surface area contributed by atoms with Crippen LogP contribution in [0.15, 0.2) is 42.9 Å². The molecular weight excluding hydrogens is 591 g/mol. The van der Waals surface area contributed by atoms with Crippen LogP contribution in [0, 0.1) is 5.95 Å². The van der Waals surface area contributed by atoms with Crippen molar-refractivity contribution in [3.05, 3.63) is 54.4 Å². The van der Waals surface area contributed by atoms with E-state index < -0.39 is 5.95 Å². The number of carbonyl (C=O) groups excluding carboxylic acids is 1. The quantitative estimate of drug-likeness (QED) is 0.178. The van der Waals surface area contributed by atoms with Gasteiger partial charge in [-0.15, -0.1) is 0 Å². The van der Waals surface area contributed by atoms with Crippen LogP contribution >= 0.6 is 0 Å². The molecular formula is C19H16FI2N3O3-2. The number of hydrogen-bond acceptors (Lipinski definition) is 5. The molecule has 0 spiro atoms. The molecule has 28 heavy (non-hydrogen) atoms. The van der Waals surface area contributed by atoms with Crippen molar-refractivity contribution in [2.45, 2.75) is 24.8 Å². The fraction of sp³-hybridized carbons (Fsp3) is 0.316. The van der Waals surface area contributed by atoms with E-state index in [1.807, 2.05) is 24.3 Å². The molecule has 2 fully saturated rings. The van der Waals surface area contributed by atoms with Gasteiger partial charge in [-0.05, 0) is 0 Å². The maximum absolute atomic E-state index is 13.1. The van der Waals surface area contributed by atoms with E-state index >= 15 is 0 Å². The Bertz CT molecular complexity index is 1010. The summed E-state index contributed by atoms with van der Waals surface area (Å²) >= 11 is 0.00249. The minimum atomic E-state index is -0.641. The molecule has 1 aromatic carbocycles. The zero-order valence-corrected chi connectivity index (χ0v) is 18.9. The Kier molecular flexibility index (Phi) is 5.22. The number of esters is 1. The molecule has 2 bridgehead atoms. The fourth-order valence-electron chi connectivity index (χ4n) is 3.48. The molecule has 0 amide bonds. The van der Waals surface area contributed by atoms with E-state index in [4.69, 9.17) is 7.80 Å². The van der Waals surface area contributed by atoms with Gasteiger partial charge in [0.2, 0.25) is 0 Å². The van der Waals surface area contributed by atoms with Gasteiger partial charge in [-0.3, -0.25) is 0 Å². The maximum atomic E-state index is 13.1. The number of ether oxygens (including phenoxy) is 1. The van der Waals surface area contributed by atoms with Crippen LogP contribution in [0.4, 0.5) is 4.39 Å². The molecule has 4 heterocycles. The van der Waals surface area contributed by atoms with Gasteiger partial charge in [-0.2, -0.15) is 4.39 Å². The Labute approximate surface area is 181 Å². The number of fused-ring (bicyclic) bond motifs is 3. The van der Waals surface area contributed by atoms with Gasteiger partial charge in [-0.1, -0.05) is 0 Å². The molecule has 0 N–H and O–H groups in total. The van der Waals surface area contributed by atoms with Crippen molar-refractivity contribution in [1.82, 2.24) is 14.5 Å². The second-order valence-electron chi connectivity index (χ2n) is 6.61. The van der Waals surface area contributed by atoms with Crippen LogP contribution in [0.2, 0.25) is 0 Å². The molecule has 0 saturated carbocycles. The first-order valence-corrected chi connectivity index (χ1v) is 13.5. The number of nitrogens with zero attached hydrogens (tertiary/aromatic N) is 3. The summed E-state index contributed by atoms with van der Waals surface area (Å²) in [4.78, 5) is 20.8. The van der Waals surface area contributed by atoms with Crippen molar-refractivity contribution in [3.8, 4) is 5.82 Å². The van der Waals surface area contributed by atoms with Crippen LogP contribution in [-0.4, -0.2) is 39.1 Å². The number of rotatable bonds is 3. The second kappa shape index (κ2) is 7.82. The van der Waals surface area contributed by atoms with Gasteiger partial charge < -0.3 is 0 Å². The third-order valence-corrected chi connectivity index (χ3v) is 12.8. The van der Waals surface area contributed by atoms with Crippen LogP contribution in [0.5, 0.6) is 0 Å².